The number of nitrogens with zero attached hydrogens (tertiary/aromatic N) is 2. The Morgan fingerprint density at radius 2 is 2.07 bits per heavy atom. The Hall–Kier alpha value is -2.34. The maximum atomic E-state index is 14.8. The van der Waals surface area contributed by atoms with Crippen LogP contribution in [0.3, 0.4) is 0 Å². The van der Waals surface area contributed by atoms with Crippen LogP contribution in [-0.2, 0) is 9.53 Å². The molecule has 0 radical (unpaired) electrons. The van der Waals surface area contributed by atoms with Gasteiger partial charge in [-0.3, -0.25) is 0 Å². The minimum atomic E-state index is -0.642. The summed E-state index contributed by atoms with van der Waals surface area (Å²) in [6.07, 6.45) is 5.84. The minimum Gasteiger partial charge on any atom is -0.495 e. The third-order valence-corrected chi connectivity index (χ3v) is 4.13. The zero-order valence-electron chi connectivity index (χ0n) is 16.9. The van der Waals surface area contributed by atoms with Gasteiger partial charge in [0.25, 0.3) is 0 Å². The number of imidazole rings is 1. The quantitative estimate of drug-likeness (QED) is 0.364. The average Bonchev–Trinajstić information content (AvgIpc) is 3.04. The van der Waals surface area contributed by atoms with E-state index in [-0.39, 0.29) is 5.56 Å². The Labute approximate surface area is 170 Å². The number of ether oxygens (including phenoxy) is 2. The zero-order valence-corrected chi connectivity index (χ0v) is 17.6. The molecule has 0 aliphatic rings. The molecule has 28 heavy (non-hydrogen) atoms. The van der Waals surface area contributed by atoms with Gasteiger partial charge >= 0.3 is 5.97 Å². The molecule has 0 saturated heterocycles. The summed E-state index contributed by atoms with van der Waals surface area (Å²) in [5.41, 5.74) is 1.30. The van der Waals surface area contributed by atoms with Gasteiger partial charge in [-0.05, 0) is 52.7 Å². The number of aryl methyl sites for hydroxylation is 1. The van der Waals surface area contributed by atoms with E-state index in [4.69, 9.17) is 21.1 Å². The summed E-state index contributed by atoms with van der Waals surface area (Å²) in [4.78, 5) is 16.7. The number of alkyl halides is 1. The predicted octanol–water partition coefficient (Wildman–Crippen LogP) is 5.07. The van der Waals surface area contributed by atoms with E-state index in [9.17, 15) is 9.18 Å². The molecule has 0 saturated carbocycles. The summed E-state index contributed by atoms with van der Waals surface area (Å²) in [6.45, 7) is 7.21. The Bertz CT molecular complexity index is 869. The maximum Gasteiger partial charge on any atom is 0.334 e. The molecule has 2 rings (SSSR count). The van der Waals surface area contributed by atoms with Crippen molar-refractivity contribution in [3.8, 4) is 11.4 Å². The van der Waals surface area contributed by atoms with Crippen LogP contribution in [0.4, 0.5) is 4.39 Å². The van der Waals surface area contributed by atoms with Crippen LogP contribution in [0.5, 0.6) is 5.75 Å². The Morgan fingerprint density at radius 3 is 2.61 bits per heavy atom. The summed E-state index contributed by atoms with van der Waals surface area (Å²) >= 11 is 5.77. The average molecular weight is 409 g/mol. The van der Waals surface area contributed by atoms with Crippen molar-refractivity contribution in [1.82, 2.24) is 9.55 Å². The molecule has 2 aromatic rings. The molecule has 0 amide bonds. The monoisotopic (exact) mass is 408 g/mol. The lowest BCUT2D eigenvalue weighted by atomic mass is 10.0. The molecule has 1 heterocycles. The molecule has 0 atom stereocenters. The fourth-order valence-electron chi connectivity index (χ4n) is 2.61. The fraction of sp³-hybridized carbons (Fsp3) is 0.429. The van der Waals surface area contributed by atoms with Crippen molar-refractivity contribution in [1.29, 1.82) is 0 Å². The van der Waals surface area contributed by atoms with Gasteiger partial charge in [0, 0.05) is 29.3 Å². The van der Waals surface area contributed by atoms with Crippen LogP contribution in [0.2, 0.25) is 0 Å². The van der Waals surface area contributed by atoms with Crippen LogP contribution in [0.15, 0.2) is 30.2 Å². The number of carbonyl (C=O) groups is 1. The van der Waals surface area contributed by atoms with Crippen molar-refractivity contribution in [3.05, 3.63) is 47.3 Å². The summed E-state index contributed by atoms with van der Waals surface area (Å²) in [5.74, 6) is -0.101. The first-order chi connectivity index (χ1) is 13.1. The molecule has 0 unspecified atom stereocenters. The van der Waals surface area contributed by atoms with Crippen LogP contribution in [-0.4, -0.2) is 34.1 Å². The second-order valence-electron chi connectivity index (χ2n) is 7.43. The molecule has 0 spiro atoms. The summed E-state index contributed by atoms with van der Waals surface area (Å²) in [5, 5.41) is 0. The van der Waals surface area contributed by atoms with Gasteiger partial charge in [0.15, 0.2) is 0 Å². The molecular weight excluding hydrogens is 383 g/mol. The first-order valence-corrected chi connectivity index (χ1v) is 9.56. The van der Waals surface area contributed by atoms with Gasteiger partial charge < -0.3 is 14.0 Å². The normalized spacial score (nSPS) is 12.2. The van der Waals surface area contributed by atoms with E-state index in [0.29, 0.717) is 35.7 Å². The van der Waals surface area contributed by atoms with Gasteiger partial charge in [0.1, 0.15) is 17.2 Å². The zero-order chi connectivity index (χ0) is 20.9. The molecule has 1 aromatic heterocycles. The Kier molecular flexibility index (Phi) is 7.24. The highest BCUT2D eigenvalue weighted by Gasteiger charge is 2.21. The standard InChI is InChI=1S/C21H26ClFN2O3/c1-14-12-25(13-24-14)18-11-17(23)16(10-19(18)27-5)9-15(7-6-8-22)20(26)28-21(2,3)4/h9-13H,6-8H2,1-5H3. The summed E-state index contributed by atoms with van der Waals surface area (Å²) in [7, 11) is 1.51. The molecule has 1 aromatic carbocycles. The number of rotatable bonds is 7. The highest BCUT2D eigenvalue weighted by molar-refractivity contribution is 6.17. The third kappa shape index (κ3) is 5.83. The van der Waals surface area contributed by atoms with Gasteiger partial charge in [-0.25, -0.2) is 14.2 Å². The highest BCUT2D eigenvalue weighted by atomic mass is 35.5. The van der Waals surface area contributed by atoms with E-state index >= 15 is 0 Å². The summed E-state index contributed by atoms with van der Waals surface area (Å²) < 4.78 is 27.4. The molecule has 0 N–H and O–H groups in total. The Morgan fingerprint density at radius 1 is 1.36 bits per heavy atom. The van der Waals surface area contributed by atoms with Gasteiger partial charge in [-0.1, -0.05) is 0 Å². The van der Waals surface area contributed by atoms with Gasteiger partial charge in [-0.15, -0.1) is 11.6 Å². The predicted molar refractivity (Wildman–Crippen MR) is 109 cm³/mol. The lowest BCUT2D eigenvalue weighted by molar-refractivity contribution is -0.149. The number of esters is 1. The SMILES string of the molecule is COc1cc(C=C(CCCCl)C(=O)OC(C)(C)C)c(F)cc1-n1cnc(C)c1. The van der Waals surface area contributed by atoms with Crippen LogP contribution in [0.1, 0.15) is 44.9 Å². The van der Waals surface area contributed by atoms with Crippen molar-refractivity contribution in [3.63, 3.8) is 0 Å². The topological polar surface area (TPSA) is 53.4 Å². The number of benzene rings is 1. The van der Waals surface area contributed by atoms with Crippen molar-refractivity contribution in [2.45, 2.75) is 46.1 Å². The van der Waals surface area contributed by atoms with E-state index in [0.717, 1.165) is 5.69 Å². The first-order valence-electron chi connectivity index (χ1n) is 9.03. The number of carbonyl (C=O) groups excluding carboxylic acids is 1. The van der Waals surface area contributed by atoms with E-state index in [2.05, 4.69) is 4.98 Å². The second kappa shape index (κ2) is 9.24. The van der Waals surface area contributed by atoms with Crippen molar-refractivity contribution in [2.24, 2.45) is 0 Å². The van der Waals surface area contributed by atoms with Crippen molar-refractivity contribution < 1.29 is 18.7 Å². The van der Waals surface area contributed by atoms with E-state index in [1.165, 1.54) is 19.3 Å². The highest BCUT2D eigenvalue weighted by Crippen LogP contribution is 2.29. The molecule has 0 aliphatic heterocycles. The summed E-state index contributed by atoms with van der Waals surface area (Å²) in [6, 6.07) is 2.92. The molecule has 0 bridgehead atoms. The van der Waals surface area contributed by atoms with Gasteiger partial charge in [0.2, 0.25) is 0 Å². The lowest BCUT2D eigenvalue weighted by Crippen LogP contribution is -2.25. The number of methoxy groups -OCH3 is 1. The van der Waals surface area contributed by atoms with Crippen LogP contribution in [0.25, 0.3) is 11.8 Å². The van der Waals surface area contributed by atoms with Crippen molar-refractivity contribution in [2.75, 3.05) is 13.0 Å². The first kappa shape index (κ1) is 22.0. The molecule has 0 fully saturated rings. The molecule has 7 heteroatoms. The molecule has 0 aliphatic carbocycles. The van der Waals surface area contributed by atoms with Crippen LogP contribution >= 0.6 is 11.6 Å². The number of hydrogen-bond donors (Lipinski definition) is 0. The number of hydrogen-bond acceptors (Lipinski definition) is 4. The van der Waals surface area contributed by atoms with Crippen molar-refractivity contribution >= 4 is 23.6 Å². The van der Waals surface area contributed by atoms with E-state index in [1.54, 1.807) is 43.9 Å². The number of halogens is 2. The lowest BCUT2D eigenvalue weighted by Gasteiger charge is -2.20. The third-order valence-electron chi connectivity index (χ3n) is 3.86. The van der Waals surface area contributed by atoms with E-state index < -0.39 is 17.4 Å². The molecule has 152 valence electrons. The van der Waals surface area contributed by atoms with Gasteiger partial charge in [-0.2, -0.15) is 0 Å². The second-order valence-corrected chi connectivity index (χ2v) is 7.81. The Balaban J connectivity index is 2.46. The fourth-order valence-corrected chi connectivity index (χ4v) is 2.74. The minimum absolute atomic E-state index is 0.243. The molecular formula is C21H26ClFN2O3. The largest absolute Gasteiger partial charge is 0.495 e. The van der Waals surface area contributed by atoms with E-state index in [1.807, 2.05) is 6.92 Å². The molecule has 5 nitrogen and oxygen atoms in total. The number of aromatic nitrogens is 2. The maximum absolute atomic E-state index is 14.8. The van der Waals surface area contributed by atoms with Gasteiger partial charge in [0.05, 0.1) is 24.8 Å². The van der Waals surface area contributed by atoms with Crippen LogP contribution in [0, 0.1) is 12.7 Å². The van der Waals surface area contributed by atoms with Crippen LogP contribution < -0.4 is 4.74 Å². The smallest absolute Gasteiger partial charge is 0.334 e.